The van der Waals surface area contributed by atoms with Gasteiger partial charge in [-0.25, -0.2) is 0 Å². The summed E-state index contributed by atoms with van der Waals surface area (Å²) < 4.78 is 10.5. The summed E-state index contributed by atoms with van der Waals surface area (Å²) in [4.78, 5) is 30.5. The van der Waals surface area contributed by atoms with Gasteiger partial charge in [0, 0.05) is 31.1 Å². The molecule has 0 bridgehead atoms. The van der Waals surface area contributed by atoms with Gasteiger partial charge in [0.15, 0.2) is 0 Å². The zero-order valence-electron chi connectivity index (χ0n) is 16.1. The topological polar surface area (TPSA) is 59.1 Å². The third-order valence-electron chi connectivity index (χ3n) is 5.13. The lowest BCUT2D eigenvalue weighted by atomic mass is 9.96. The van der Waals surface area contributed by atoms with E-state index in [9.17, 15) is 9.59 Å². The maximum absolute atomic E-state index is 12.9. The SMILES string of the molecule is COc1ccc(SC(C)C(=O)N2CCCC(C(=O)N3CCOCC3)C2)cc1. The van der Waals surface area contributed by atoms with E-state index in [4.69, 9.17) is 9.47 Å². The standard InChI is InChI=1S/C20H28N2O4S/c1-15(27-18-7-5-17(25-2)6-8-18)19(23)22-9-3-4-16(14-22)20(24)21-10-12-26-13-11-21/h5-8,15-16H,3-4,9-14H2,1-2H3. The van der Waals surface area contributed by atoms with Gasteiger partial charge in [-0.05, 0) is 44.0 Å². The van der Waals surface area contributed by atoms with Crippen molar-refractivity contribution in [2.75, 3.05) is 46.5 Å². The summed E-state index contributed by atoms with van der Waals surface area (Å²) in [6, 6.07) is 7.73. The maximum atomic E-state index is 12.9. The number of carbonyl (C=O) groups excluding carboxylic acids is 2. The van der Waals surface area contributed by atoms with E-state index in [2.05, 4.69) is 0 Å². The second kappa shape index (κ2) is 9.46. The van der Waals surface area contributed by atoms with Crippen LogP contribution in [0.5, 0.6) is 5.75 Å². The summed E-state index contributed by atoms with van der Waals surface area (Å²) >= 11 is 1.54. The van der Waals surface area contributed by atoms with Crippen LogP contribution in [0.4, 0.5) is 0 Å². The summed E-state index contributed by atoms with van der Waals surface area (Å²) in [5, 5.41) is -0.185. The minimum Gasteiger partial charge on any atom is -0.497 e. The lowest BCUT2D eigenvalue weighted by molar-refractivity contribution is -0.143. The average molecular weight is 393 g/mol. The van der Waals surface area contributed by atoms with Crippen molar-refractivity contribution in [1.29, 1.82) is 0 Å². The molecular formula is C20H28N2O4S. The van der Waals surface area contributed by atoms with Gasteiger partial charge in [-0.3, -0.25) is 9.59 Å². The van der Waals surface area contributed by atoms with Crippen LogP contribution in [-0.2, 0) is 14.3 Å². The molecule has 0 radical (unpaired) electrons. The van der Waals surface area contributed by atoms with Crippen molar-refractivity contribution in [2.24, 2.45) is 5.92 Å². The molecule has 0 N–H and O–H groups in total. The van der Waals surface area contributed by atoms with Gasteiger partial charge in [0.1, 0.15) is 5.75 Å². The average Bonchev–Trinajstić information content (AvgIpc) is 2.74. The van der Waals surface area contributed by atoms with Crippen LogP contribution in [0.3, 0.4) is 0 Å². The number of piperidine rings is 1. The van der Waals surface area contributed by atoms with Crippen LogP contribution in [0.15, 0.2) is 29.2 Å². The first-order chi connectivity index (χ1) is 13.1. The predicted molar refractivity (Wildman–Crippen MR) is 105 cm³/mol. The van der Waals surface area contributed by atoms with E-state index in [1.165, 1.54) is 0 Å². The number of carbonyl (C=O) groups is 2. The summed E-state index contributed by atoms with van der Waals surface area (Å²) in [6.07, 6.45) is 1.74. The highest BCUT2D eigenvalue weighted by atomic mass is 32.2. The minimum absolute atomic E-state index is 0.0843. The monoisotopic (exact) mass is 392 g/mol. The number of methoxy groups -OCH3 is 1. The minimum atomic E-state index is -0.185. The van der Waals surface area contributed by atoms with E-state index in [0.29, 0.717) is 32.8 Å². The van der Waals surface area contributed by atoms with Gasteiger partial charge < -0.3 is 19.3 Å². The number of likely N-dealkylation sites (tertiary alicyclic amines) is 1. The predicted octanol–water partition coefficient (Wildman–Crippen LogP) is 2.27. The van der Waals surface area contributed by atoms with Crippen molar-refractivity contribution in [1.82, 2.24) is 9.80 Å². The first-order valence-corrected chi connectivity index (χ1v) is 10.4. The molecule has 2 amide bonds. The Bertz CT molecular complexity index is 646. The normalized spacial score (nSPS) is 21.6. The molecule has 2 unspecified atom stereocenters. The number of morpholine rings is 1. The smallest absolute Gasteiger partial charge is 0.235 e. The molecule has 0 aromatic heterocycles. The van der Waals surface area contributed by atoms with Crippen molar-refractivity contribution >= 4 is 23.6 Å². The molecule has 148 valence electrons. The van der Waals surface area contributed by atoms with Crippen molar-refractivity contribution in [2.45, 2.75) is 29.9 Å². The van der Waals surface area contributed by atoms with E-state index in [1.54, 1.807) is 18.9 Å². The van der Waals surface area contributed by atoms with E-state index >= 15 is 0 Å². The Labute approximate surface area is 165 Å². The molecule has 2 fully saturated rings. The molecule has 2 heterocycles. The molecule has 0 saturated carbocycles. The molecule has 7 heteroatoms. The number of ether oxygens (including phenoxy) is 2. The Kier molecular flexibility index (Phi) is 7.01. The van der Waals surface area contributed by atoms with Gasteiger partial charge in [0.25, 0.3) is 0 Å². The fraction of sp³-hybridized carbons (Fsp3) is 0.600. The number of rotatable bonds is 5. The van der Waals surface area contributed by atoms with Gasteiger partial charge in [-0.15, -0.1) is 11.8 Å². The van der Waals surface area contributed by atoms with Crippen LogP contribution in [0.25, 0.3) is 0 Å². The molecule has 2 aliphatic rings. The highest BCUT2D eigenvalue weighted by Gasteiger charge is 2.33. The van der Waals surface area contributed by atoms with Crippen molar-refractivity contribution in [3.8, 4) is 5.75 Å². The van der Waals surface area contributed by atoms with Crippen molar-refractivity contribution < 1.29 is 19.1 Å². The Morgan fingerprint density at radius 3 is 2.52 bits per heavy atom. The Hall–Kier alpha value is -1.73. The third kappa shape index (κ3) is 5.17. The zero-order chi connectivity index (χ0) is 19.2. The van der Waals surface area contributed by atoms with Gasteiger partial charge in [-0.1, -0.05) is 0 Å². The van der Waals surface area contributed by atoms with Crippen molar-refractivity contribution in [3.05, 3.63) is 24.3 Å². The Morgan fingerprint density at radius 1 is 1.15 bits per heavy atom. The number of thioether (sulfide) groups is 1. The third-order valence-corrected chi connectivity index (χ3v) is 6.22. The van der Waals surface area contributed by atoms with Crippen molar-refractivity contribution in [3.63, 3.8) is 0 Å². The van der Waals surface area contributed by atoms with E-state index in [-0.39, 0.29) is 23.0 Å². The summed E-state index contributed by atoms with van der Waals surface area (Å²) in [7, 11) is 1.64. The van der Waals surface area contributed by atoms with E-state index in [0.717, 1.165) is 30.0 Å². The molecule has 1 aromatic carbocycles. The van der Waals surface area contributed by atoms with Crippen LogP contribution in [0.2, 0.25) is 0 Å². The lowest BCUT2D eigenvalue weighted by Gasteiger charge is -2.37. The molecule has 0 spiro atoms. The zero-order valence-corrected chi connectivity index (χ0v) is 16.9. The van der Waals surface area contributed by atoms with Crippen LogP contribution in [0.1, 0.15) is 19.8 Å². The molecule has 0 aliphatic carbocycles. The Morgan fingerprint density at radius 2 is 1.85 bits per heavy atom. The summed E-state index contributed by atoms with van der Waals surface area (Å²) in [5.74, 6) is 0.999. The second-order valence-corrected chi connectivity index (χ2v) is 8.41. The largest absolute Gasteiger partial charge is 0.497 e. The molecule has 2 saturated heterocycles. The number of benzene rings is 1. The van der Waals surface area contributed by atoms with Crippen LogP contribution in [-0.4, -0.2) is 73.4 Å². The molecule has 3 rings (SSSR count). The first-order valence-electron chi connectivity index (χ1n) is 9.54. The van der Waals surface area contributed by atoms with Crippen LogP contribution in [0, 0.1) is 5.92 Å². The molecule has 2 atom stereocenters. The fourth-order valence-electron chi connectivity index (χ4n) is 3.59. The Balaban J connectivity index is 1.55. The maximum Gasteiger partial charge on any atom is 0.235 e. The fourth-order valence-corrected chi connectivity index (χ4v) is 4.54. The van der Waals surface area contributed by atoms with Gasteiger partial charge in [0.2, 0.25) is 11.8 Å². The lowest BCUT2D eigenvalue weighted by Crippen LogP contribution is -2.50. The number of hydrogen-bond donors (Lipinski definition) is 0. The highest BCUT2D eigenvalue weighted by molar-refractivity contribution is 8.00. The van der Waals surface area contributed by atoms with E-state index in [1.807, 2.05) is 41.0 Å². The summed E-state index contributed by atoms with van der Waals surface area (Å²) in [6.45, 7) is 5.74. The highest BCUT2D eigenvalue weighted by Crippen LogP contribution is 2.28. The molecule has 6 nitrogen and oxygen atoms in total. The van der Waals surface area contributed by atoms with Crippen LogP contribution < -0.4 is 4.74 Å². The van der Waals surface area contributed by atoms with Gasteiger partial charge in [0.05, 0.1) is 31.5 Å². The second-order valence-electron chi connectivity index (χ2n) is 7.00. The number of amides is 2. The molecular weight excluding hydrogens is 364 g/mol. The molecule has 1 aromatic rings. The number of nitrogens with zero attached hydrogens (tertiary/aromatic N) is 2. The number of hydrogen-bond acceptors (Lipinski definition) is 5. The van der Waals surface area contributed by atoms with Crippen LogP contribution >= 0.6 is 11.8 Å². The quantitative estimate of drug-likeness (QED) is 0.720. The van der Waals surface area contributed by atoms with Gasteiger partial charge in [-0.2, -0.15) is 0 Å². The first kappa shape index (κ1) is 20.0. The molecule has 2 aliphatic heterocycles. The van der Waals surface area contributed by atoms with Gasteiger partial charge >= 0.3 is 0 Å². The summed E-state index contributed by atoms with van der Waals surface area (Å²) in [5.41, 5.74) is 0. The molecule has 27 heavy (non-hydrogen) atoms. The van der Waals surface area contributed by atoms with E-state index < -0.39 is 0 Å².